The number of rotatable bonds is 4. The molecule has 0 aliphatic heterocycles. The Morgan fingerprint density at radius 1 is 1.00 bits per heavy atom. The van der Waals surface area contributed by atoms with E-state index >= 15 is 0 Å². The van der Waals surface area contributed by atoms with E-state index in [9.17, 15) is 14.4 Å². The van der Waals surface area contributed by atoms with Gasteiger partial charge in [-0.15, -0.1) is 0 Å². The van der Waals surface area contributed by atoms with E-state index in [2.05, 4.69) is 19.9 Å². The lowest BCUT2D eigenvalue weighted by Crippen LogP contribution is -2.54. The zero-order valence-electron chi connectivity index (χ0n) is 18.9. The van der Waals surface area contributed by atoms with E-state index in [-0.39, 0.29) is 29.9 Å². The number of allylic oxidation sites excluding steroid dienone is 1. The van der Waals surface area contributed by atoms with Crippen LogP contribution in [0.1, 0.15) is 79.1 Å². The first kappa shape index (κ1) is 21.6. The van der Waals surface area contributed by atoms with Crippen molar-refractivity contribution in [2.24, 2.45) is 34.5 Å². The number of ketones is 1. The average molecular weight is 417 g/mol. The molecule has 5 heteroatoms. The van der Waals surface area contributed by atoms with Crippen molar-refractivity contribution in [1.29, 1.82) is 0 Å². The maximum absolute atomic E-state index is 12.8. The molecule has 30 heavy (non-hydrogen) atoms. The molecule has 4 aliphatic rings. The van der Waals surface area contributed by atoms with E-state index in [1.807, 2.05) is 0 Å². The summed E-state index contributed by atoms with van der Waals surface area (Å²) in [6.07, 6.45) is 10.9. The molecule has 0 N–H and O–H groups in total. The van der Waals surface area contributed by atoms with Crippen LogP contribution in [0.4, 0.5) is 0 Å². The van der Waals surface area contributed by atoms with Gasteiger partial charge in [0.25, 0.3) is 0 Å². The van der Waals surface area contributed by atoms with Crippen LogP contribution in [0.25, 0.3) is 0 Å². The van der Waals surface area contributed by atoms with Crippen molar-refractivity contribution in [3.63, 3.8) is 0 Å². The molecule has 4 rings (SSSR count). The second-order valence-corrected chi connectivity index (χ2v) is 10.7. The Labute approximate surface area is 179 Å². The van der Waals surface area contributed by atoms with Crippen LogP contribution in [0.2, 0.25) is 0 Å². The lowest BCUT2D eigenvalue weighted by Gasteiger charge is -2.60. The number of hydrogen-bond acceptors (Lipinski definition) is 5. The molecule has 0 bridgehead atoms. The van der Waals surface area contributed by atoms with Gasteiger partial charge in [0, 0.05) is 19.4 Å². The van der Waals surface area contributed by atoms with Gasteiger partial charge < -0.3 is 9.47 Å². The molecule has 3 fully saturated rings. The van der Waals surface area contributed by atoms with Gasteiger partial charge in [-0.05, 0) is 85.9 Å². The zero-order valence-corrected chi connectivity index (χ0v) is 18.9. The summed E-state index contributed by atoms with van der Waals surface area (Å²) in [5.41, 5.74) is 1.13. The van der Waals surface area contributed by atoms with E-state index in [0.29, 0.717) is 29.1 Å². The fourth-order valence-electron chi connectivity index (χ4n) is 7.81. The molecule has 5 nitrogen and oxygen atoms in total. The molecule has 0 aromatic carbocycles. The lowest BCUT2D eigenvalue weighted by atomic mass is 9.44. The Hall–Kier alpha value is -1.65. The highest BCUT2D eigenvalue weighted by molar-refractivity contribution is 5.99. The van der Waals surface area contributed by atoms with E-state index in [4.69, 9.17) is 9.47 Å². The SMILES string of the molecule is CC(=O)OCC(=O)C1=CC[C@H]2[C@@H]3CC[C@H]4C[C@@H](OC(C)=O)CC[C@]4(C)[C@H]3CC[C@]12C. The molecular weight excluding hydrogens is 380 g/mol. The van der Waals surface area contributed by atoms with Gasteiger partial charge in [-0.1, -0.05) is 19.9 Å². The van der Waals surface area contributed by atoms with Crippen LogP contribution in [-0.2, 0) is 23.9 Å². The fourth-order valence-corrected chi connectivity index (χ4v) is 7.81. The summed E-state index contributed by atoms with van der Waals surface area (Å²) in [4.78, 5) is 35.4. The van der Waals surface area contributed by atoms with Crippen LogP contribution >= 0.6 is 0 Å². The summed E-state index contributed by atoms with van der Waals surface area (Å²) in [5, 5.41) is 0. The predicted molar refractivity (Wildman–Crippen MR) is 112 cm³/mol. The second-order valence-electron chi connectivity index (χ2n) is 10.7. The first-order chi connectivity index (χ1) is 14.1. The number of Topliss-reactive ketones (excluding diaryl/α,β-unsaturated/α-hetero) is 1. The molecule has 0 aromatic heterocycles. The molecule has 166 valence electrons. The topological polar surface area (TPSA) is 69.7 Å². The number of hydrogen-bond donors (Lipinski definition) is 0. The van der Waals surface area contributed by atoms with Gasteiger partial charge in [-0.3, -0.25) is 14.4 Å². The van der Waals surface area contributed by atoms with Crippen LogP contribution < -0.4 is 0 Å². The van der Waals surface area contributed by atoms with Gasteiger partial charge >= 0.3 is 11.9 Å². The van der Waals surface area contributed by atoms with Gasteiger partial charge in [0.15, 0.2) is 12.4 Å². The highest BCUT2D eigenvalue weighted by atomic mass is 16.5. The maximum Gasteiger partial charge on any atom is 0.303 e. The van der Waals surface area contributed by atoms with Crippen molar-refractivity contribution in [3.8, 4) is 0 Å². The number of fused-ring (bicyclic) bond motifs is 5. The lowest BCUT2D eigenvalue weighted by molar-refractivity contribution is -0.159. The van der Waals surface area contributed by atoms with Gasteiger partial charge in [-0.25, -0.2) is 0 Å². The first-order valence-electron chi connectivity index (χ1n) is 11.7. The standard InChI is InChI=1S/C25H36O5/c1-15(26)29-14-23(28)22-8-7-20-19-6-5-17-13-18(30-16(2)27)9-11-24(17,3)21(19)10-12-25(20,22)4/h8,17-21H,5-7,9-14H2,1-4H3/t17-,18-,19-,20-,21-,24-,25-/m0/s1. The minimum Gasteiger partial charge on any atom is -0.463 e. The van der Waals surface area contributed by atoms with Gasteiger partial charge in [-0.2, -0.15) is 0 Å². The number of carbonyl (C=O) groups excluding carboxylic acids is 3. The zero-order chi connectivity index (χ0) is 21.7. The largest absolute Gasteiger partial charge is 0.463 e. The molecule has 7 atom stereocenters. The van der Waals surface area contributed by atoms with E-state index < -0.39 is 5.97 Å². The number of carbonyl (C=O) groups is 3. The van der Waals surface area contributed by atoms with Crippen molar-refractivity contribution in [3.05, 3.63) is 11.6 Å². The minimum atomic E-state index is -0.400. The monoisotopic (exact) mass is 416 g/mol. The van der Waals surface area contributed by atoms with Gasteiger partial charge in [0.05, 0.1) is 0 Å². The minimum absolute atomic E-state index is 0.0181. The van der Waals surface area contributed by atoms with Crippen molar-refractivity contribution < 1.29 is 23.9 Å². The van der Waals surface area contributed by atoms with Crippen molar-refractivity contribution >= 4 is 17.7 Å². The molecule has 4 aliphatic carbocycles. The summed E-state index contributed by atoms with van der Waals surface area (Å²) < 4.78 is 10.6. The third-order valence-electron chi connectivity index (χ3n) is 9.24. The summed E-state index contributed by atoms with van der Waals surface area (Å²) in [5.74, 6) is 1.89. The Morgan fingerprint density at radius 2 is 1.77 bits per heavy atom. The Morgan fingerprint density at radius 3 is 2.47 bits per heavy atom. The summed E-state index contributed by atoms with van der Waals surface area (Å²) >= 11 is 0. The number of esters is 2. The van der Waals surface area contributed by atoms with E-state index in [0.717, 1.165) is 44.1 Å². The van der Waals surface area contributed by atoms with Crippen LogP contribution in [0.3, 0.4) is 0 Å². The molecule has 0 spiro atoms. The maximum atomic E-state index is 12.8. The second kappa shape index (κ2) is 7.80. The molecule has 0 aromatic rings. The summed E-state index contributed by atoms with van der Waals surface area (Å²) in [6.45, 7) is 7.48. The van der Waals surface area contributed by atoms with Crippen molar-refractivity contribution in [1.82, 2.24) is 0 Å². The third kappa shape index (κ3) is 3.52. The highest BCUT2D eigenvalue weighted by Crippen LogP contribution is 2.66. The molecule has 0 amide bonds. The highest BCUT2D eigenvalue weighted by Gasteiger charge is 2.59. The average Bonchev–Trinajstić information content (AvgIpc) is 3.03. The van der Waals surface area contributed by atoms with Crippen molar-refractivity contribution in [2.45, 2.75) is 85.2 Å². The Kier molecular flexibility index (Phi) is 5.61. The molecule has 0 radical (unpaired) electrons. The molecule has 0 unspecified atom stereocenters. The smallest absolute Gasteiger partial charge is 0.303 e. The third-order valence-corrected chi connectivity index (χ3v) is 9.24. The molecule has 3 saturated carbocycles. The predicted octanol–water partition coefficient (Wildman–Crippen LogP) is 4.63. The summed E-state index contributed by atoms with van der Waals surface area (Å²) in [6, 6.07) is 0. The summed E-state index contributed by atoms with van der Waals surface area (Å²) in [7, 11) is 0. The normalized spacial score (nSPS) is 42.3. The quantitative estimate of drug-likeness (QED) is 0.625. The van der Waals surface area contributed by atoms with Crippen LogP contribution in [0, 0.1) is 34.5 Å². The van der Waals surface area contributed by atoms with Crippen LogP contribution in [0.5, 0.6) is 0 Å². The Balaban J connectivity index is 1.48. The Bertz CT molecular complexity index is 770. The van der Waals surface area contributed by atoms with Crippen LogP contribution in [0.15, 0.2) is 11.6 Å². The van der Waals surface area contributed by atoms with Gasteiger partial charge in [0.1, 0.15) is 6.10 Å². The van der Waals surface area contributed by atoms with Gasteiger partial charge in [0.2, 0.25) is 0 Å². The number of ether oxygens (including phenoxy) is 2. The van der Waals surface area contributed by atoms with Crippen LogP contribution in [-0.4, -0.2) is 30.4 Å². The first-order valence-corrected chi connectivity index (χ1v) is 11.7. The molecule has 0 saturated heterocycles. The van der Waals surface area contributed by atoms with Crippen molar-refractivity contribution in [2.75, 3.05) is 6.61 Å². The molecular formula is C25H36O5. The fraction of sp³-hybridized carbons (Fsp3) is 0.800. The van der Waals surface area contributed by atoms with E-state index in [1.165, 1.54) is 26.7 Å². The van der Waals surface area contributed by atoms with E-state index in [1.54, 1.807) is 0 Å². The molecule has 0 heterocycles.